The summed E-state index contributed by atoms with van der Waals surface area (Å²) in [4.78, 5) is 12.4. The molecule has 1 aliphatic rings. The predicted molar refractivity (Wildman–Crippen MR) is 97.3 cm³/mol. The van der Waals surface area contributed by atoms with Crippen molar-refractivity contribution in [2.45, 2.75) is 13.8 Å². The highest BCUT2D eigenvalue weighted by atomic mass is 16.1. The zero-order valence-corrected chi connectivity index (χ0v) is 13.8. The zero-order valence-electron chi connectivity index (χ0n) is 13.8. The number of benzene rings is 2. The standard InChI is InChI=1S/C16H15N3O.C2H6.H3N/c1-18-15-10-6-2-3-7-11(10)16(20)19-13-9-5-4-8-12(13)14(15)17;1-2;/h2-9,18H,17H2,1H3,(H,19,20);1-2H3;1H3. The van der Waals surface area contributed by atoms with Crippen LogP contribution in [0.15, 0.2) is 48.5 Å². The minimum absolute atomic E-state index is 0. The number of nitrogens with two attached hydrogens (primary N) is 1. The third-order valence-electron chi connectivity index (χ3n) is 3.43. The molecule has 1 aliphatic heterocycles. The van der Waals surface area contributed by atoms with Crippen LogP contribution in [0.4, 0.5) is 5.69 Å². The molecule has 0 unspecified atom stereocenters. The zero-order chi connectivity index (χ0) is 16.1. The molecule has 3 rings (SSSR count). The van der Waals surface area contributed by atoms with Crippen LogP contribution in [-0.2, 0) is 0 Å². The molecule has 2 aromatic carbocycles. The summed E-state index contributed by atoms with van der Waals surface area (Å²) in [6.07, 6.45) is 0. The van der Waals surface area contributed by atoms with Crippen LogP contribution in [0.5, 0.6) is 0 Å². The normalized spacial score (nSPS) is 15.3. The fraction of sp³-hybridized carbons (Fsp3) is 0.167. The smallest absolute Gasteiger partial charge is 0.256 e. The quantitative estimate of drug-likeness (QED) is 0.647. The first kappa shape index (κ1) is 18.3. The van der Waals surface area contributed by atoms with Gasteiger partial charge in [-0.3, -0.25) is 4.79 Å². The van der Waals surface area contributed by atoms with E-state index in [9.17, 15) is 4.79 Å². The molecule has 7 N–H and O–H groups in total. The number of carbonyl (C=O) groups excluding carboxylic acids is 1. The van der Waals surface area contributed by atoms with E-state index in [-0.39, 0.29) is 12.1 Å². The van der Waals surface area contributed by atoms with Crippen LogP contribution in [0.2, 0.25) is 0 Å². The van der Waals surface area contributed by atoms with Gasteiger partial charge in [-0.2, -0.15) is 0 Å². The monoisotopic (exact) mass is 312 g/mol. The summed E-state index contributed by atoms with van der Waals surface area (Å²) in [5, 5.41) is 6.03. The fourth-order valence-electron chi connectivity index (χ4n) is 2.46. The lowest BCUT2D eigenvalue weighted by Gasteiger charge is -2.21. The van der Waals surface area contributed by atoms with E-state index in [0.717, 1.165) is 22.5 Å². The predicted octanol–water partition coefficient (Wildman–Crippen LogP) is 3.44. The molecule has 1 heterocycles. The molecule has 0 saturated carbocycles. The van der Waals surface area contributed by atoms with Gasteiger partial charge in [0, 0.05) is 23.7 Å². The third kappa shape index (κ3) is 3.35. The summed E-state index contributed by atoms with van der Waals surface area (Å²) >= 11 is 0. The van der Waals surface area contributed by atoms with Crippen molar-refractivity contribution in [1.82, 2.24) is 11.5 Å². The Balaban J connectivity index is 0.000000849. The Bertz CT molecular complexity index is 722. The van der Waals surface area contributed by atoms with Crippen molar-refractivity contribution in [1.29, 1.82) is 0 Å². The number of carbonyl (C=O) groups is 1. The van der Waals surface area contributed by atoms with Gasteiger partial charge in [0.15, 0.2) is 0 Å². The highest BCUT2D eigenvalue weighted by Crippen LogP contribution is 2.30. The third-order valence-corrected chi connectivity index (χ3v) is 3.43. The molecule has 0 atom stereocenters. The van der Waals surface area contributed by atoms with Gasteiger partial charge in [0.2, 0.25) is 0 Å². The van der Waals surface area contributed by atoms with Crippen molar-refractivity contribution in [2.75, 3.05) is 12.4 Å². The number of hydrogen-bond donors (Lipinski definition) is 4. The molecule has 5 heteroatoms. The summed E-state index contributed by atoms with van der Waals surface area (Å²) < 4.78 is 0. The van der Waals surface area contributed by atoms with Crippen LogP contribution in [0.3, 0.4) is 0 Å². The van der Waals surface area contributed by atoms with Gasteiger partial charge in [-0.15, -0.1) is 0 Å². The Morgan fingerprint density at radius 3 is 2.04 bits per heavy atom. The van der Waals surface area contributed by atoms with Gasteiger partial charge < -0.3 is 22.5 Å². The average Bonchev–Trinajstić information content (AvgIpc) is 2.57. The highest BCUT2D eigenvalue weighted by molar-refractivity contribution is 6.12. The van der Waals surface area contributed by atoms with Crippen LogP contribution < -0.4 is 22.5 Å². The lowest BCUT2D eigenvalue weighted by molar-refractivity contribution is 0.102. The van der Waals surface area contributed by atoms with Crippen LogP contribution in [0, 0.1) is 0 Å². The molecular weight excluding hydrogens is 288 g/mol. The molecule has 0 saturated heterocycles. The minimum atomic E-state index is -0.131. The summed E-state index contributed by atoms with van der Waals surface area (Å²) in [6.45, 7) is 4.00. The van der Waals surface area contributed by atoms with Gasteiger partial charge in [-0.1, -0.05) is 50.2 Å². The Kier molecular flexibility index (Phi) is 6.35. The number of fused-ring (bicyclic) bond motifs is 2. The molecule has 0 radical (unpaired) electrons. The molecule has 0 aliphatic carbocycles. The maximum atomic E-state index is 12.4. The molecule has 2 aromatic rings. The molecular formula is C18H24N4O. The van der Waals surface area contributed by atoms with Crippen LogP contribution >= 0.6 is 0 Å². The number of rotatable bonds is 1. The van der Waals surface area contributed by atoms with Gasteiger partial charge in [-0.05, 0) is 12.1 Å². The SMILES string of the molecule is CC.CN/C1=C(\N)c2ccccc2NC(=O)c2ccccc21.N. The lowest BCUT2D eigenvalue weighted by Crippen LogP contribution is -2.22. The average molecular weight is 312 g/mol. The Hall–Kier alpha value is -2.79. The van der Waals surface area contributed by atoms with E-state index in [1.807, 2.05) is 56.3 Å². The van der Waals surface area contributed by atoms with Crippen molar-refractivity contribution in [3.63, 3.8) is 0 Å². The number of amides is 1. The first-order chi connectivity index (χ1) is 10.7. The second-order valence-corrected chi connectivity index (χ2v) is 4.58. The number of nitrogens with one attached hydrogen (secondary N) is 2. The van der Waals surface area contributed by atoms with E-state index in [1.54, 1.807) is 13.1 Å². The van der Waals surface area contributed by atoms with Gasteiger partial charge in [-0.25, -0.2) is 0 Å². The largest absolute Gasteiger partial charge is 0.396 e. The van der Waals surface area contributed by atoms with E-state index in [2.05, 4.69) is 10.6 Å². The molecule has 0 aromatic heterocycles. The summed E-state index contributed by atoms with van der Waals surface area (Å²) in [7, 11) is 1.81. The fourth-order valence-corrected chi connectivity index (χ4v) is 2.46. The maximum absolute atomic E-state index is 12.4. The van der Waals surface area contributed by atoms with Gasteiger partial charge in [0.05, 0.1) is 17.1 Å². The molecule has 1 amide bonds. The minimum Gasteiger partial charge on any atom is -0.396 e. The van der Waals surface area contributed by atoms with Gasteiger partial charge in [0.25, 0.3) is 5.91 Å². The van der Waals surface area contributed by atoms with Crippen molar-refractivity contribution < 1.29 is 4.79 Å². The summed E-state index contributed by atoms with van der Waals surface area (Å²) in [5.41, 5.74) is 10.6. The summed E-state index contributed by atoms with van der Waals surface area (Å²) in [5.74, 6) is -0.131. The van der Waals surface area contributed by atoms with E-state index in [0.29, 0.717) is 11.3 Å². The molecule has 0 bridgehead atoms. The Labute approximate surface area is 137 Å². The number of para-hydroxylation sites is 1. The molecule has 0 spiro atoms. The highest BCUT2D eigenvalue weighted by Gasteiger charge is 2.21. The van der Waals surface area contributed by atoms with Crippen LogP contribution in [-0.4, -0.2) is 13.0 Å². The van der Waals surface area contributed by atoms with Crippen molar-refractivity contribution in [3.8, 4) is 0 Å². The molecule has 122 valence electrons. The van der Waals surface area contributed by atoms with E-state index < -0.39 is 0 Å². The molecule has 0 fully saturated rings. The first-order valence-electron chi connectivity index (χ1n) is 7.40. The van der Waals surface area contributed by atoms with E-state index in [4.69, 9.17) is 5.73 Å². The first-order valence-corrected chi connectivity index (χ1v) is 7.40. The van der Waals surface area contributed by atoms with E-state index >= 15 is 0 Å². The van der Waals surface area contributed by atoms with Gasteiger partial charge >= 0.3 is 0 Å². The number of hydrogen-bond acceptors (Lipinski definition) is 4. The van der Waals surface area contributed by atoms with Crippen molar-refractivity contribution >= 4 is 23.0 Å². The maximum Gasteiger partial charge on any atom is 0.256 e. The van der Waals surface area contributed by atoms with Crippen molar-refractivity contribution in [2.24, 2.45) is 5.73 Å². The van der Waals surface area contributed by atoms with Gasteiger partial charge in [0.1, 0.15) is 0 Å². The molecule has 23 heavy (non-hydrogen) atoms. The van der Waals surface area contributed by atoms with Crippen LogP contribution in [0.25, 0.3) is 11.4 Å². The topological polar surface area (TPSA) is 102 Å². The second kappa shape index (κ2) is 8.00. The number of anilines is 1. The van der Waals surface area contributed by atoms with E-state index in [1.165, 1.54) is 0 Å². The Morgan fingerprint density at radius 1 is 0.913 bits per heavy atom. The second-order valence-electron chi connectivity index (χ2n) is 4.58. The summed E-state index contributed by atoms with van der Waals surface area (Å²) in [6, 6.07) is 14.9. The molecule has 5 nitrogen and oxygen atoms in total. The van der Waals surface area contributed by atoms with Crippen molar-refractivity contribution in [3.05, 3.63) is 65.2 Å². The Morgan fingerprint density at radius 2 is 1.43 bits per heavy atom. The van der Waals surface area contributed by atoms with Crippen LogP contribution in [0.1, 0.15) is 35.3 Å². The lowest BCUT2D eigenvalue weighted by atomic mass is 9.97.